The first-order valence-electron chi connectivity index (χ1n) is 11.9. The molecule has 3 aromatic carbocycles. The predicted molar refractivity (Wildman–Crippen MR) is 140 cm³/mol. The molecule has 0 spiro atoms. The summed E-state index contributed by atoms with van der Waals surface area (Å²) in [6, 6.07) is 21.0. The Bertz CT molecular complexity index is 1160. The predicted octanol–water partition coefficient (Wildman–Crippen LogP) is 5.50. The lowest BCUT2D eigenvalue weighted by Crippen LogP contribution is -2.41. The maximum Gasteiger partial charge on any atom is 0.347 e. The quantitative estimate of drug-likeness (QED) is 0.286. The molecule has 196 valence electrons. The van der Waals surface area contributed by atoms with E-state index in [9.17, 15) is 14.7 Å². The first-order chi connectivity index (χ1) is 17.8. The van der Waals surface area contributed by atoms with E-state index in [-0.39, 0.29) is 6.04 Å². The third-order valence-electron chi connectivity index (χ3n) is 6.22. The SMILES string of the molecule is CCCC(C)(Oc1cc(OC)cc(OC)c1)C(=O)O.CON(C=O)C1c2ccccc2-c2ccccc21. The molecule has 1 aliphatic carbocycles. The summed E-state index contributed by atoms with van der Waals surface area (Å²) >= 11 is 0. The van der Waals surface area contributed by atoms with Gasteiger partial charge >= 0.3 is 5.97 Å². The average Bonchev–Trinajstić information content (AvgIpc) is 3.24. The fourth-order valence-electron chi connectivity index (χ4n) is 4.39. The zero-order valence-corrected chi connectivity index (χ0v) is 21.8. The Labute approximate surface area is 217 Å². The maximum absolute atomic E-state index is 11.3. The van der Waals surface area contributed by atoms with Crippen LogP contribution in [0.3, 0.4) is 0 Å². The fraction of sp³-hybridized carbons (Fsp3) is 0.310. The van der Waals surface area contributed by atoms with Crippen molar-refractivity contribution in [3.05, 3.63) is 77.9 Å². The Hall–Kier alpha value is -4.04. The number of carbonyl (C=O) groups excluding carboxylic acids is 1. The zero-order chi connectivity index (χ0) is 27.0. The van der Waals surface area contributed by atoms with Crippen molar-refractivity contribution in [2.45, 2.75) is 38.3 Å². The lowest BCUT2D eigenvalue weighted by atomic mass is 10.0. The summed E-state index contributed by atoms with van der Waals surface area (Å²) < 4.78 is 15.9. The molecule has 0 heterocycles. The highest BCUT2D eigenvalue weighted by Crippen LogP contribution is 2.45. The molecule has 4 rings (SSSR count). The minimum atomic E-state index is -1.26. The maximum atomic E-state index is 11.3. The molecular formula is C29H33NO7. The summed E-state index contributed by atoms with van der Waals surface area (Å²) in [6.07, 6.45) is 1.86. The van der Waals surface area contributed by atoms with E-state index in [4.69, 9.17) is 19.0 Å². The molecule has 1 unspecified atom stereocenters. The average molecular weight is 508 g/mol. The minimum Gasteiger partial charge on any atom is -0.496 e. The molecule has 1 aliphatic rings. The normalized spacial score (nSPS) is 13.2. The Kier molecular flexibility index (Phi) is 9.14. The van der Waals surface area contributed by atoms with E-state index in [0.717, 1.165) is 17.5 Å². The first kappa shape index (κ1) is 27.5. The lowest BCUT2D eigenvalue weighted by Gasteiger charge is -2.26. The molecular weight excluding hydrogens is 474 g/mol. The number of methoxy groups -OCH3 is 2. The van der Waals surface area contributed by atoms with Crippen molar-refractivity contribution in [3.63, 3.8) is 0 Å². The van der Waals surface area contributed by atoms with Crippen LogP contribution in [0.1, 0.15) is 43.9 Å². The summed E-state index contributed by atoms with van der Waals surface area (Å²) in [5.41, 5.74) is 3.29. The van der Waals surface area contributed by atoms with Crippen molar-refractivity contribution in [1.82, 2.24) is 5.06 Å². The van der Waals surface area contributed by atoms with Gasteiger partial charge in [-0.15, -0.1) is 0 Å². The highest BCUT2D eigenvalue weighted by atomic mass is 16.7. The molecule has 37 heavy (non-hydrogen) atoms. The standard InChI is InChI=1S/C15H13NO2.C14H20O5/c1-18-16(10-17)15-13-8-4-2-6-11(13)12-7-3-5-9-14(12)15;1-5-6-14(2,13(15)16)19-12-8-10(17-3)7-11(9-12)18-4/h2-10,15H,1H3;7-9H,5-6H2,1-4H3,(H,15,16). The molecule has 0 saturated heterocycles. The zero-order valence-electron chi connectivity index (χ0n) is 21.8. The van der Waals surface area contributed by atoms with Crippen molar-refractivity contribution in [1.29, 1.82) is 0 Å². The van der Waals surface area contributed by atoms with E-state index < -0.39 is 11.6 Å². The molecule has 0 aromatic heterocycles. The summed E-state index contributed by atoms with van der Waals surface area (Å²) in [5, 5.41) is 10.6. The second kappa shape index (κ2) is 12.3. The van der Waals surface area contributed by atoms with Crippen LogP contribution >= 0.6 is 0 Å². The van der Waals surface area contributed by atoms with Crippen LogP contribution in [0.15, 0.2) is 66.7 Å². The minimum absolute atomic E-state index is 0.153. The molecule has 0 aliphatic heterocycles. The van der Waals surface area contributed by atoms with Gasteiger partial charge in [-0.1, -0.05) is 61.9 Å². The number of benzene rings is 3. The van der Waals surface area contributed by atoms with Crippen LogP contribution in [0, 0.1) is 0 Å². The van der Waals surface area contributed by atoms with Crippen LogP contribution in [-0.4, -0.2) is 49.5 Å². The van der Waals surface area contributed by atoms with Crippen molar-refractivity contribution in [2.75, 3.05) is 21.3 Å². The first-order valence-corrected chi connectivity index (χ1v) is 11.9. The third kappa shape index (κ3) is 6.03. The number of amides is 1. The van der Waals surface area contributed by atoms with E-state index in [2.05, 4.69) is 12.1 Å². The number of carboxylic acid groups (broad SMARTS) is 1. The van der Waals surface area contributed by atoms with Crippen molar-refractivity contribution >= 4 is 12.4 Å². The van der Waals surface area contributed by atoms with Crippen LogP contribution in [0.5, 0.6) is 17.2 Å². The number of hydrogen-bond donors (Lipinski definition) is 1. The number of hydrogen-bond acceptors (Lipinski definition) is 6. The van der Waals surface area contributed by atoms with Crippen molar-refractivity contribution in [2.24, 2.45) is 0 Å². The molecule has 0 radical (unpaired) electrons. The monoisotopic (exact) mass is 507 g/mol. The van der Waals surface area contributed by atoms with Gasteiger partial charge in [-0.05, 0) is 35.6 Å². The van der Waals surface area contributed by atoms with E-state index in [1.165, 1.54) is 37.5 Å². The van der Waals surface area contributed by atoms with Gasteiger partial charge in [0, 0.05) is 18.2 Å². The van der Waals surface area contributed by atoms with Gasteiger partial charge in [0.25, 0.3) is 0 Å². The van der Waals surface area contributed by atoms with E-state index in [0.29, 0.717) is 30.1 Å². The molecule has 1 N–H and O–H groups in total. The van der Waals surface area contributed by atoms with Crippen LogP contribution < -0.4 is 14.2 Å². The molecule has 1 amide bonds. The molecule has 0 saturated carbocycles. The third-order valence-corrected chi connectivity index (χ3v) is 6.22. The van der Waals surface area contributed by atoms with Gasteiger partial charge in [-0.3, -0.25) is 9.63 Å². The summed E-state index contributed by atoms with van der Waals surface area (Å²) in [7, 11) is 4.57. The highest BCUT2D eigenvalue weighted by Gasteiger charge is 2.35. The summed E-state index contributed by atoms with van der Waals surface area (Å²) in [5.74, 6) is 0.530. The number of aliphatic carboxylic acids is 1. The molecule has 3 aromatic rings. The molecule has 8 heteroatoms. The molecule has 0 fully saturated rings. The number of ether oxygens (including phenoxy) is 3. The van der Waals surface area contributed by atoms with Gasteiger partial charge in [-0.25, -0.2) is 9.86 Å². The molecule has 8 nitrogen and oxygen atoms in total. The van der Waals surface area contributed by atoms with Gasteiger partial charge in [0.05, 0.1) is 21.3 Å². The van der Waals surface area contributed by atoms with Gasteiger partial charge in [0.2, 0.25) is 12.0 Å². The van der Waals surface area contributed by atoms with Gasteiger partial charge in [0.1, 0.15) is 23.3 Å². The van der Waals surface area contributed by atoms with Crippen LogP contribution in [-0.2, 0) is 14.4 Å². The van der Waals surface area contributed by atoms with Gasteiger partial charge in [-0.2, -0.15) is 0 Å². The number of carbonyl (C=O) groups is 2. The number of fused-ring (bicyclic) bond motifs is 3. The van der Waals surface area contributed by atoms with Gasteiger partial charge in [0.15, 0.2) is 0 Å². The van der Waals surface area contributed by atoms with Crippen LogP contribution in [0.4, 0.5) is 0 Å². The topological polar surface area (TPSA) is 94.5 Å². The number of hydroxylamine groups is 2. The second-order valence-electron chi connectivity index (χ2n) is 8.66. The number of carboxylic acids is 1. The van der Waals surface area contributed by atoms with Crippen molar-refractivity contribution < 1.29 is 33.7 Å². The molecule has 1 atom stereocenters. The van der Waals surface area contributed by atoms with Crippen molar-refractivity contribution in [3.8, 4) is 28.4 Å². The smallest absolute Gasteiger partial charge is 0.347 e. The van der Waals surface area contributed by atoms with Crippen LogP contribution in [0.25, 0.3) is 11.1 Å². The Morgan fingerprint density at radius 2 is 1.41 bits per heavy atom. The Morgan fingerprint density at radius 1 is 0.919 bits per heavy atom. The van der Waals surface area contributed by atoms with E-state index >= 15 is 0 Å². The summed E-state index contributed by atoms with van der Waals surface area (Å²) in [4.78, 5) is 27.6. The van der Waals surface area contributed by atoms with E-state index in [1.54, 1.807) is 25.1 Å². The second-order valence-corrected chi connectivity index (χ2v) is 8.66. The Morgan fingerprint density at radius 3 is 1.81 bits per heavy atom. The molecule has 0 bridgehead atoms. The summed E-state index contributed by atoms with van der Waals surface area (Å²) in [6.45, 7) is 3.47. The number of nitrogens with zero attached hydrogens (tertiary/aromatic N) is 1. The number of rotatable bonds is 10. The van der Waals surface area contributed by atoms with Gasteiger partial charge < -0.3 is 19.3 Å². The largest absolute Gasteiger partial charge is 0.496 e. The van der Waals surface area contributed by atoms with Crippen LogP contribution in [0.2, 0.25) is 0 Å². The fourth-order valence-corrected chi connectivity index (χ4v) is 4.39. The van der Waals surface area contributed by atoms with E-state index in [1.807, 2.05) is 43.3 Å². The highest BCUT2D eigenvalue weighted by molar-refractivity contribution is 5.79. The Balaban J connectivity index is 0.000000206. The lowest BCUT2D eigenvalue weighted by molar-refractivity contribution is -0.169.